The van der Waals surface area contributed by atoms with Crippen LogP contribution in [0.4, 0.5) is 0 Å². The van der Waals surface area contributed by atoms with Gasteiger partial charge in [0.2, 0.25) is 0 Å². The van der Waals surface area contributed by atoms with Crippen LogP contribution in [0.1, 0.15) is 0 Å². The molecule has 6 saturated heterocycles. The SMILES string of the molecule is C=CCO[C@@H]1C(C2O[C@H]3[C@H](OC[C@@H]3O)[C@@H]2OCC=C)O[C@H]2[C@@H]1OC(C1O[C@H]3[C@H](OC[C@@H]3O)[C@H]1OCC=C)[C@H]2O. The molecule has 0 aromatic heterocycles. The van der Waals surface area contributed by atoms with Crippen LogP contribution in [0.2, 0.25) is 0 Å². The smallest absolute Gasteiger partial charge is 0.116 e. The van der Waals surface area contributed by atoms with Gasteiger partial charge in [-0.25, -0.2) is 0 Å². The largest absolute Gasteiger partial charge is 0.388 e. The molecule has 12 nitrogen and oxygen atoms in total. The van der Waals surface area contributed by atoms with E-state index in [1.807, 2.05) is 0 Å². The fraction of sp³-hybridized carbons (Fsp3) is 0.778. The molecule has 0 aromatic rings. The molecular weight excluding hydrogens is 516 g/mol. The van der Waals surface area contributed by atoms with Crippen LogP contribution in [0.25, 0.3) is 0 Å². The Bertz CT molecular complexity index is 902. The van der Waals surface area contributed by atoms with Crippen LogP contribution in [0, 0.1) is 0 Å². The van der Waals surface area contributed by atoms with Gasteiger partial charge in [0.1, 0.15) is 97.7 Å². The van der Waals surface area contributed by atoms with Crippen LogP contribution >= 0.6 is 0 Å². The highest BCUT2D eigenvalue weighted by Gasteiger charge is 2.66. The standard InChI is InChI=1S/C27H38O12/c1-4-7-31-21-19-15(12(28)10-34-19)36-24(21)17-14(30)18-25(38-17)23(33-9-6-3)27(39-18)26-22(32-8-5-2)20-16(37-26)13(29)11-35-20/h4-6,12-30H,1-3,7-11H2/t12-,13-,14+,15+,16+,17?,18+,19-,20-,21+,22-,23-,24?,25-,26?,27?/m0/s1. The monoisotopic (exact) mass is 554 g/mol. The normalized spacial score (nSPS) is 52.1. The molecule has 0 amide bonds. The van der Waals surface area contributed by atoms with Crippen molar-refractivity contribution in [1.82, 2.24) is 0 Å². The molecule has 6 aliphatic rings. The summed E-state index contributed by atoms with van der Waals surface area (Å²) in [6.07, 6.45) is -6.07. The summed E-state index contributed by atoms with van der Waals surface area (Å²) < 4.78 is 55.0. The summed E-state index contributed by atoms with van der Waals surface area (Å²) in [5.74, 6) is 0. The van der Waals surface area contributed by atoms with Gasteiger partial charge < -0.3 is 58.0 Å². The highest BCUT2D eigenvalue weighted by atomic mass is 16.7. The second-order valence-electron chi connectivity index (χ2n) is 10.7. The van der Waals surface area contributed by atoms with Crippen molar-refractivity contribution in [3.8, 4) is 0 Å². The van der Waals surface area contributed by atoms with Crippen molar-refractivity contribution in [2.45, 2.75) is 97.7 Å². The summed E-state index contributed by atoms with van der Waals surface area (Å²) >= 11 is 0. The molecule has 0 saturated carbocycles. The Kier molecular flexibility index (Phi) is 8.26. The third-order valence-corrected chi connectivity index (χ3v) is 8.39. The Morgan fingerprint density at radius 1 is 0.513 bits per heavy atom. The first-order valence-electron chi connectivity index (χ1n) is 13.5. The maximum Gasteiger partial charge on any atom is 0.116 e. The van der Waals surface area contributed by atoms with Crippen molar-refractivity contribution in [1.29, 1.82) is 0 Å². The molecule has 16 atom stereocenters. The lowest BCUT2D eigenvalue weighted by Crippen LogP contribution is -2.50. The molecule has 6 rings (SSSR count). The van der Waals surface area contributed by atoms with E-state index in [0.717, 1.165) is 0 Å². The summed E-state index contributed by atoms with van der Waals surface area (Å²) in [5, 5.41) is 32.2. The van der Waals surface area contributed by atoms with E-state index in [1.165, 1.54) is 0 Å². The Morgan fingerprint density at radius 3 is 1.23 bits per heavy atom. The van der Waals surface area contributed by atoms with Crippen molar-refractivity contribution in [2.24, 2.45) is 0 Å². The number of fused-ring (bicyclic) bond motifs is 3. The minimum absolute atomic E-state index is 0.147. The first-order valence-corrected chi connectivity index (χ1v) is 13.5. The molecule has 3 N–H and O–H groups in total. The molecule has 0 aromatic carbocycles. The van der Waals surface area contributed by atoms with E-state index in [9.17, 15) is 15.3 Å². The van der Waals surface area contributed by atoms with Gasteiger partial charge in [-0.3, -0.25) is 0 Å². The molecule has 12 heteroatoms. The van der Waals surface area contributed by atoms with E-state index in [2.05, 4.69) is 19.7 Å². The third-order valence-electron chi connectivity index (χ3n) is 8.39. The minimum atomic E-state index is -1.10. The second kappa shape index (κ2) is 11.6. The lowest BCUT2D eigenvalue weighted by molar-refractivity contribution is -0.182. The zero-order valence-corrected chi connectivity index (χ0v) is 21.6. The van der Waals surface area contributed by atoms with E-state index < -0.39 is 97.7 Å². The zero-order valence-electron chi connectivity index (χ0n) is 21.6. The number of aliphatic hydroxyl groups excluding tert-OH is 3. The van der Waals surface area contributed by atoms with Crippen molar-refractivity contribution < 1.29 is 58.0 Å². The number of hydrogen-bond donors (Lipinski definition) is 3. The molecule has 218 valence electrons. The van der Waals surface area contributed by atoms with Crippen LogP contribution in [0.3, 0.4) is 0 Å². The molecule has 0 bridgehead atoms. The van der Waals surface area contributed by atoms with Gasteiger partial charge >= 0.3 is 0 Å². The number of aliphatic hydroxyl groups is 3. The molecule has 39 heavy (non-hydrogen) atoms. The van der Waals surface area contributed by atoms with Crippen molar-refractivity contribution in [3.05, 3.63) is 38.0 Å². The Hall–Kier alpha value is -1.26. The summed E-state index contributed by atoms with van der Waals surface area (Å²) in [6, 6.07) is 0. The van der Waals surface area contributed by atoms with Gasteiger partial charge in [-0.05, 0) is 0 Å². The summed E-state index contributed by atoms with van der Waals surface area (Å²) in [6.45, 7) is 12.2. The lowest BCUT2D eigenvalue weighted by atomic mass is 9.96. The van der Waals surface area contributed by atoms with E-state index in [0.29, 0.717) is 0 Å². The van der Waals surface area contributed by atoms with Crippen LogP contribution in [-0.2, 0) is 42.6 Å². The van der Waals surface area contributed by atoms with Gasteiger partial charge in [-0.15, -0.1) is 19.7 Å². The van der Waals surface area contributed by atoms with Crippen LogP contribution in [0.5, 0.6) is 0 Å². The first-order chi connectivity index (χ1) is 19.0. The fourth-order valence-corrected chi connectivity index (χ4v) is 6.79. The molecular formula is C27H38O12. The Balaban J connectivity index is 1.22. The molecule has 0 aliphatic carbocycles. The lowest BCUT2D eigenvalue weighted by Gasteiger charge is -2.33. The second-order valence-corrected chi connectivity index (χ2v) is 10.7. The van der Waals surface area contributed by atoms with Gasteiger partial charge in [0.15, 0.2) is 0 Å². The van der Waals surface area contributed by atoms with E-state index in [-0.39, 0.29) is 33.0 Å². The predicted molar refractivity (Wildman–Crippen MR) is 132 cm³/mol. The van der Waals surface area contributed by atoms with Gasteiger partial charge in [-0.1, -0.05) is 18.2 Å². The van der Waals surface area contributed by atoms with E-state index >= 15 is 0 Å². The molecule has 6 heterocycles. The molecule has 6 aliphatic heterocycles. The maximum atomic E-state index is 11.5. The van der Waals surface area contributed by atoms with Crippen molar-refractivity contribution in [3.63, 3.8) is 0 Å². The van der Waals surface area contributed by atoms with Gasteiger partial charge in [0, 0.05) is 0 Å². The molecule has 0 radical (unpaired) electrons. The fourth-order valence-electron chi connectivity index (χ4n) is 6.79. The topological polar surface area (TPSA) is 144 Å². The minimum Gasteiger partial charge on any atom is -0.388 e. The quantitative estimate of drug-likeness (QED) is 0.260. The zero-order chi connectivity index (χ0) is 27.3. The third kappa shape index (κ3) is 4.74. The summed E-state index contributed by atoms with van der Waals surface area (Å²) in [4.78, 5) is 0. The van der Waals surface area contributed by atoms with Crippen LogP contribution < -0.4 is 0 Å². The highest BCUT2D eigenvalue weighted by Crippen LogP contribution is 2.46. The van der Waals surface area contributed by atoms with Crippen LogP contribution in [-0.4, -0.2) is 146 Å². The Labute approximate surface area is 227 Å². The van der Waals surface area contributed by atoms with E-state index in [4.69, 9.17) is 42.6 Å². The number of hydrogen-bond acceptors (Lipinski definition) is 12. The number of ether oxygens (including phenoxy) is 9. The predicted octanol–water partition coefficient (Wildman–Crippen LogP) is -1.35. The first kappa shape index (κ1) is 27.9. The van der Waals surface area contributed by atoms with E-state index in [1.54, 1.807) is 18.2 Å². The highest BCUT2D eigenvalue weighted by molar-refractivity contribution is 5.14. The maximum absolute atomic E-state index is 11.5. The van der Waals surface area contributed by atoms with Crippen molar-refractivity contribution >= 4 is 0 Å². The summed E-state index contributed by atoms with van der Waals surface area (Å²) in [5.41, 5.74) is 0. The van der Waals surface area contributed by atoms with Gasteiger partial charge in [0.25, 0.3) is 0 Å². The summed E-state index contributed by atoms with van der Waals surface area (Å²) in [7, 11) is 0. The number of rotatable bonds is 11. The van der Waals surface area contributed by atoms with Gasteiger partial charge in [-0.2, -0.15) is 0 Å². The Morgan fingerprint density at radius 2 is 0.846 bits per heavy atom. The van der Waals surface area contributed by atoms with Crippen LogP contribution in [0.15, 0.2) is 38.0 Å². The average Bonchev–Trinajstić information content (AvgIpc) is 3.75. The molecule has 4 unspecified atom stereocenters. The van der Waals surface area contributed by atoms with Gasteiger partial charge in [0.05, 0.1) is 33.0 Å². The average molecular weight is 555 g/mol. The molecule has 6 fully saturated rings. The van der Waals surface area contributed by atoms with Crippen molar-refractivity contribution in [2.75, 3.05) is 33.0 Å². The molecule has 0 spiro atoms.